The summed E-state index contributed by atoms with van der Waals surface area (Å²) in [6.07, 6.45) is 3.48. The van der Waals surface area contributed by atoms with E-state index in [1.54, 1.807) is 0 Å². The van der Waals surface area contributed by atoms with Crippen molar-refractivity contribution in [2.45, 2.75) is 51.3 Å². The zero-order chi connectivity index (χ0) is 16.5. The molecular formula is C18H28N2O3. The minimum Gasteiger partial charge on any atom is -0.445 e. The summed E-state index contributed by atoms with van der Waals surface area (Å²) < 4.78 is 5.50. The van der Waals surface area contributed by atoms with Gasteiger partial charge in [-0.25, -0.2) is 4.79 Å². The zero-order valence-electron chi connectivity index (χ0n) is 13.9. The number of benzene rings is 1. The predicted molar refractivity (Wildman–Crippen MR) is 90.1 cm³/mol. The first kappa shape index (κ1) is 17.8. The third-order valence-corrected chi connectivity index (χ3v) is 4.36. The van der Waals surface area contributed by atoms with Gasteiger partial charge in [0.1, 0.15) is 6.61 Å². The molecule has 1 heterocycles. The first-order valence-corrected chi connectivity index (χ1v) is 8.57. The molecule has 5 nitrogen and oxygen atoms in total. The Morgan fingerprint density at radius 2 is 2.17 bits per heavy atom. The average molecular weight is 320 g/mol. The summed E-state index contributed by atoms with van der Waals surface area (Å²) in [5, 5.41) is 12.7. The van der Waals surface area contributed by atoms with Gasteiger partial charge in [-0.15, -0.1) is 0 Å². The highest BCUT2D eigenvalue weighted by Crippen LogP contribution is 2.22. The first-order chi connectivity index (χ1) is 11.3. The molecule has 1 aliphatic heterocycles. The summed E-state index contributed by atoms with van der Waals surface area (Å²) in [6.45, 7) is 4.03. The summed E-state index contributed by atoms with van der Waals surface area (Å²) in [7, 11) is 0. The second kappa shape index (κ2) is 9.53. The highest BCUT2D eigenvalue weighted by molar-refractivity contribution is 5.68. The highest BCUT2D eigenvalue weighted by Gasteiger charge is 2.33. The quantitative estimate of drug-likeness (QED) is 0.810. The molecule has 2 N–H and O–H groups in total. The van der Waals surface area contributed by atoms with E-state index in [-0.39, 0.29) is 24.8 Å². The number of likely N-dealkylation sites (tertiary alicyclic amines) is 1. The summed E-state index contributed by atoms with van der Waals surface area (Å²) in [4.78, 5) is 14.4. The normalized spacial score (nSPS) is 19.4. The second-order valence-electron chi connectivity index (χ2n) is 5.97. The molecule has 0 saturated carbocycles. The third kappa shape index (κ3) is 5.22. The van der Waals surface area contributed by atoms with Gasteiger partial charge in [-0.3, -0.25) is 0 Å². The lowest BCUT2D eigenvalue weighted by Gasteiger charge is -2.39. The van der Waals surface area contributed by atoms with Crippen molar-refractivity contribution >= 4 is 6.09 Å². The van der Waals surface area contributed by atoms with Crippen LogP contribution in [-0.4, -0.2) is 47.9 Å². The summed E-state index contributed by atoms with van der Waals surface area (Å²) in [6, 6.07) is 9.95. The summed E-state index contributed by atoms with van der Waals surface area (Å²) in [5.74, 6) is 0. The minimum absolute atomic E-state index is 0.0964. The van der Waals surface area contributed by atoms with E-state index in [4.69, 9.17) is 4.74 Å². The molecule has 0 aromatic heterocycles. The van der Waals surface area contributed by atoms with E-state index in [1.807, 2.05) is 42.2 Å². The fourth-order valence-corrected chi connectivity index (χ4v) is 3.24. The number of aliphatic hydroxyl groups excluding tert-OH is 1. The Morgan fingerprint density at radius 1 is 1.39 bits per heavy atom. The molecule has 0 unspecified atom stereocenters. The van der Waals surface area contributed by atoms with Gasteiger partial charge in [-0.05, 0) is 37.8 Å². The standard InChI is InChI=1S/C18H28N2O3/c1-2-19-16(11-13-21)17-10-6-7-12-20(17)18(22)23-14-15-8-4-3-5-9-15/h3-5,8-9,16-17,19,21H,2,6-7,10-14H2,1H3/t16-,17-/m1/s1. The smallest absolute Gasteiger partial charge is 0.410 e. The number of nitrogens with zero attached hydrogens (tertiary/aromatic N) is 1. The SMILES string of the molecule is CCN[C@H](CCO)[C@H]1CCCCN1C(=O)OCc1ccccc1. The number of carbonyl (C=O) groups is 1. The summed E-state index contributed by atoms with van der Waals surface area (Å²) >= 11 is 0. The molecule has 1 aromatic rings. The van der Waals surface area contributed by atoms with Crippen molar-refractivity contribution in [1.82, 2.24) is 10.2 Å². The number of likely N-dealkylation sites (N-methyl/N-ethyl adjacent to an activating group) is 1. The Bertz CT molecular complexity index is 461. The molecule has 1 aliphatic rings. The molecule has 1 aromatic carbocycles. The van der Waals surface area contributed by atoms with Crippen LogP contribution in [0.4, 0.5) is 4.79 Å². The predicted octanol–water partition coefficient (Wildman–Crippen LogP) is 2.54. The van der Waals surface area contributed by atoms with Crippen LogP contribution in [0.15, 0.2) is 30.3 Å². The molecule has 23 heavy (non-hydrogen) atoms. The number of carbonyl (C=O) groups excluding carboxylic acids is 1. The van der Waals surface area contributed by atoms with Crippen molar-refractivity contribution in [3.05, 3.63) is 35.9 Å². The molecule has 0 bridgehead atoms. The Kier molecular flexibility index (Phi) is 7.36. The Labute approximate surface area is 138 Å². The van der Waals surface area contributed by atoms with Gasteiger partial charge < -0.3 is 20.1 Å². The van der Waals surface area contributed by atoms with E-state index >= 15 is 0 Å². The monoisotopic (exact) mass is 320 g/mol. The summed E-state index contributed by atoms with van der Waals surface area (Å²) in [5.41, 5.74) is 0.994. The number of ether oxygens (including phenoxy) is 1. The van der Waals surface area contributed by atoms with Gasteiger partial charge in [0.05, 0.1) is 6.04 Å². The van der Waals surface area contributed by atoms with E-state index in [2.05, 4.69) is 5.32 Å². The lowest BCUT2D eigenvalue weighted by atomic mass is 9.94. The van der Waals surface area contributed by atoms with E-state index in [0.29, 0.717) is 13.0 Å². The molecule has 128 valence electrons. The molecule has 0 radical (unpaired) electrons. The largest absolute Gasteiger partial charge is 0.445 e. The number of hydrogen-bond donors (Lipinski definition) is 2. The Balaban J connectivity index is 1.97. The van der Waals surface area contributed by atoms with Crippen molar-refractivity contribution in [2.24, 2.45) is 0 Å². The van der Waals surface area contributed by atoms with Crippen molar-refractivity contribution in [1.29, 1.82) is 0 Å². The van der Waals surface area contributed by atoms with Crippen LogP contribution in [0.25, 0.3) is 0 Å². The fraction of sp³-hybridized carbons (Fsp3) is 0.611. The molecule has 2 atom stereocenters. The molecule has 0 spiro atoms. The van der Waals surface area contributed by atoms with E-state index < -0.39 is 0 Å². The molecule has 1 saturated heterocycles. The van der Waals surface area contributed by atoms with Crippen LogP contribution in [0.3, 0.4) is 0 Å². The first-order valence-electron chi connectivity index (χ1n) is 8.57. The number of amides is 1. The number of nitrogens with one attached hydrogen (secondary N) is 1. The van der Waals surface area contributed by atoms with Gasteiger partial charge in [0.2, 0.25) is 0 Å². The highest BCUT2D eigenvalue weighted by atomic mass is 16.6. The molecule has 1 amide bonds. The van der Waals surface area contributed by atoms with Gasteiger partial charge in [0.25, 0.3) is 0 Å². The van der Waals surface area contributed by atoms with Gasteiger partial charge in [0.15, 0.2) is 0 Å². The van der Waals surface area contributed by atoms with Gasteiger partial charge in [0, 0.05) is 19.2 Å². The number of rotatable bonds is 7. The van der Waals surface area contributed by atoms with Crippen LogP contribution < -0.4 is 5.32 Å². The molecule has 1 fully saturated rings. The maximum absolute atomic E-state index is 12.5. The van der Waals surface area contributed by atoms with Crippen molar-refractivity contribution in [3.63, 3.8) is 0 Å². The van der Waals surface area contributed by atoms with Crippen molar-refractivity contribution in [2.75, 3.05) is 19.7 Å². The van der Waals surface area contributed by atoms with Crippen LogP contribution in [0.5, 0.6) is 0 Å². The number of aliphatic hydroxyl groups is 1. The number of piperidine rings is 1. The van der Waals surface area contributed by atoms with Crippen LogP contribution in [0.1, 0.15) is 38.2 Å². The topological polar surface area (TPSA) is 61.8 Å². The molecular weight excluding hydrogens is 292 g/mol. The molecule has 5 heteroatoms. The Hall–Kier alpha value is -1.59. The van der Waals surface area contributed by atoms with Gasteiger partial charge >= 0.3 is 6.09 Å². The van der Waals surface area contributed by atoms with Gasteiger partial charge in [-0.1, -0.05) is 37.3 Å². The maximum Gasteiger partial charge on any atom is 0.410 e. The van der Waals surface area contributed by atoms with Crippen LogP contribution >= 0.6 is 0 Å². The van der Waals surface area contributed by atoms with Crippen LogP contribution in [-0.2, 0) is 11.3 Å². The van der Waals surface area contributed by atoms with Crippen molar-refractivity contribution < 1.29 is 14.6 Å². The lowest BCUT2D eigenvalue weighted by molar-refractivity contribution is 0.0542. The Morgan fingerprint density at radius 3 is 2.87 bits per heavy atom. The van der Waals surface area contributed by atoms with E-state index in [9.17, 15) is 9.90 Å². The lowest BCUT2D eigenvalue weighted by Crippen LogP contribution is -2.54. The average Bonchev–Trinajstić information content (AvgIpc) is 2.60. The van der Waals surface area contributed by atoms with Crippen LogP contribution in [0.2, 0.25) is 0 Å². The maximum atomic E-state index is 12.5. The fourth-order valence-electron chi connectivity index (χ4n) is 3.24. The minimum atomic E-state index is -0.251. The zero-order valence-corrected chi connectivity index (χ0v) is 13.9. The van der Waals surface area contributed by atoms with E-state index in [1.165, 1.54) is 0 Å². The number of hydrogen-bond acceptors (Lipinski definition) is 4. The molecule has 2 rings (SSSR count). The van der Waals surface area contributed by atoms with Crippen molar-refractivity contribution in [3.8, 4) is 0 Å². The van der Waals surface area contributed by atoms with Crippen LogP contribution in [0, 0.1) is 0 Å². The third-order valence-electron chi connectivity index (χ3n) is 4.36. The molecule has 0 aliphatic carbocycles. The van der Waals surface area contributed by atoms with E-state index in [0.717, 1.165) is 37.9 Å². The van der Waals surface area contributed by atoms with Gasteiger partial charge in [-0.2, -0.15) is 0 Å². The second-order valence-corrected chi connectivity index (χ2v) is 5.97.